The van der Waals surface area contributed by atoms with E-state index in [4.69, 9.17) is 9.47 Å². The largest absolute Gasteiger partial charge is 0.465 e. The first kappa shape index (κ1) is 18.5. The monoisotopic (exact) mass is 370 g/mol. The second-order valence-corrected chi connectivity index (χ2v) is 8.07. The van der Waals surface area contributed by atoms with Crippen LogP contribution in [-0.2, 0) is 16.0 Å². The maximum absolute atomic E-state index is 12.3. The first-order valence-corrected chi connectivity index (χ1v) is 10.0. The second kappa shape index (κ2) is 7.64. The number of likely N-dealkylation sites (tertiary alicyclic amines) is 1. The van der Waals surface area contributed by atoms with Gasteiger partial charge in [0, 0.05) is 49.4 Å². The summed E-state index contributed by atoms with van der Waals surface area (Å²) in [6.07, 6.45) is 5.47. The molecule has 146 valence electrons. The average molecular weight is 370 g/mol. The van der Waals surface area contributed by atoms with E-state index in [9.17, 15) is 4.79 Å². The van der Waals surface area contributed by atoms with Crippen LogP contribution in [-0.4, -0.2) is 54.9 Å². The van der Waals surface area contributed by atoms with Crippen molar-refractivity contribution >= 4 is 16.9 Å². The molecule has 0 amide bonds. The van der Waals surface area contributed by atoms with Gasteiger partial charge in [-0.2, -0.15) is 0 Å². The van der Waals surface area contributed by atoms with Crippen molar-refractivity contribution in [2.24, 2.45) is 5.92 Å². The Kier molecular flexibility index (Phi) is 5.24. The molecule has 2 aromatic rings. The van der Waals surface area contributed by atoms with E-state index in [1.807, 2.05) is 32.2 Å². The first-order valence-electron chi connectivity index (χ1n) is 10.0. The van der Waals surface area contributed by atoms with Crippen LogP contribution in [0.4, 0.5) is 0 Å². The van der Waals surface area contributed by atoms with Gasteiger partial charge in [0.25, 0.3) is 0 Å². The molecule has 0 N–H and O–H groups in total. The zero-order valence-corrected chi connectivity index (χ0v) is 16.6. The molecule has 1 aromatic heterocycles. The maximum atomic E-state index is 12.3. The molecule has 5 heteroatoms. The Labute approximate surface area is 161 Å². The molecule has 1 aliphatic heterocycles. The van der Waals surface area contributed by atoms with Crippen LogP contribution in [0.2, 0.25) is 0 Å². The molecule has 4 rings (SSSR count). The van der Waals surface area contributed by atoms with Gasteiger partial charge < -0.3 is 14.0 Å². The number of aromatic nitrogens is 1. The molecule has 5 nitrogen and oxygen atoms in total. The van der Waals surface area contributed by atoms with Crippen LogP contribution in [0, 0.1) is 12.8 Å². The smallest absolute Gasteiger partial charge is 0.340 e. The highest BCUT2D eigenvalue weighted by Gasteiger charge is 2.34. The second-order valence-electron chi connectivity index (χ2n) is 8.07. The predicted molar refractivity (Wildman–Crippen MR) is 106 cm³/mol. The fraction of sp³-hybridized carbons (Fsp3) is 0.591. The molecule has 1 aliphatic carbocycles. The van der Waals surface area contributed by atoms with Crippen molar-refractivity contribution < 1.29 is 14.3 Å². The first-order chi connectivity index (χ1) is 13.1. The molecule has 2 heterocycles. The fourth-order valence-corrected chi connectivity index (χ4v) is 4.89. The number of benzene rings is 1. The zero-order chi connectivity index (χ0) is 19.0. The molecular formula is C22H30N2O3. The van der Waals surface area contributed by atoms with E-state index in [1.165, 1.54) is 32.8 Å². The minimum Gasteiger partial charge on any atom is -0.465 e. The summed E-state index contributed by atoms with van der Waals surface area (Å²) in [6.45, 7) is 5.21. The van der Waals surface area contributed by atoms with Gasteiger partial charge in [-0.1, -0.05) is 18.2 Å². The minimum atomic E-state index is -0.239. The quantitative estimate of drug-likeness (QED) is 0.754. The summed E-state index contributed by atoms with van der Waals surface area (Å²) in [5.41, 5.74) is 2.88. The highest BCUT2D eigenvalue weighted by molar-refractivity contribution is 6.05. The number of carbonyl (C=O) groups excluding carboxylic acids is 1. The van der Waals surface area contributed by atoms with Crippen LogP contribution in [0.15, 0.2) is 24.3 Å². The van der Waals surface area contributed by atoms with Gasteiger partial charge in [-0.05, 0) is 44.6 Å². The number of nitrogens with zero attached hydrogens (tertiary/aromatic N) is 2. The van der Waals surface area contributed by atoms with Gasteiger partial charge in [-0.3, -0.25) is 4.90 Å². The van der Waals surface area contributed by atoms with E-state index >= 15 is 0 Å². The van der Waals surface area contributed by atoms with Gasteiger partial charge >= 0.3 is 5.97 Å². The number of carbonyl (C=O) groups is 1. The van der Waals surface area contributed by atoms with E-state index in [-0.39, 0.29) is 5.97 Å². The van der Waals surface area contributed by atoms with E-state index in [0.717, 1.165) is 42.3 Å². The third-order valence-corrected chi connectivity index (χ3v) is 6.60. The highest BCUT2D eigenvalue weighted by Crippen LogP contribution is 2.34. The summed E-state index contributed by atoms with van der Waals surface area (Å²) in [5.74, 6) is 0.428. The van der Waals surface area contributed by atoms with E-state index in [0.29, 0.717) is 17.6 Å². The van der Waals surface area contributed by atoms with Gasteiger partial charge in [-0.15, -0.1) is 0 Å². The fourth-order valence-electron chi connectivity index (χ4n) is 4.89. The van der Waals surface area contributed by atoms with Crippen molar-refractivity contribution in [1.82, 2.24) is 9.47 Å². The molecule has 0 radical (unpaired) electrons. The van der Waals surface area contributed by atoms with Crippen LogP contribution in [0.3, 0.4) is 0 Å². The molecule has 27 heavy (non-hydrogen) atoms. The molecule has 0 spiro atoms. The van der Waals surface area contributed by atoms with Gasteiger partial charge in [-0.25, -0.2) is 4.79 Å². The minimum absolute atomic E-state index is 0.239. The number of esters is 1. The normalized spacial score (nSPS) is 24.1. The molecule has 0 atom stereocenters. The van der Waals surface area contributed by atoms with Gasteiger partial charge in [0.15, 0.2) is 0 Å². The third-order valence-electron chi connectivity index (χ3n) is 6.60. The molecule has 1 aromatic carbocycles. The molecule has 1 saturated carbocycles. The Balaban J connectivity index is 1.47. The number of para-hydroxylation sites is 1. The lowest BCUT2D eigenvalue weighted by Crippen LogP contribution is -2.56. The zero-order valence-electron chi connectivity index (χ0n) is 16.6. The SMILES string of the molecule is COC(=O)c1c(C)n(CC2CCC(N3CC(OC)C3)CC2)c2ccccc12. The standard InChI is InChI=1S/C22H30N2O3/c1-15-21(22(25)27-3)19-6-4-5-7-20(19)24(15)12-16-8-10-17(11-9-16)23-13-18(14-23)26-2/h4-7,16-18H,8-14H2,1-3H3. The van der Waals surface area contributed by atoms with Crippen LogP contribution >= 0.6 is 0 Å². The summed E-state index contributed by atoms with van der Waals surface area (Å²) < 4.78 is 12.8. The average Bonchev–Trinajstić information content (AvgIpc) is 2.93. The Morgan fingerprint density at radius 3 is 2.48 bits per heavy atom. The topological polar surface area (TPSA) is 43.7 Å². The third kappa shape index (κ3) is 3.39. The van der Waals surface area contributed by atoms with Crippen molar-refractivity contribution in [3.63, 3.8) is 0 Å². The van der Waals surface area contributed by atoms with Gasteiger partial charge in [0.1, 0.15) is 0 Å². The number of rotatable bonds is 5. The van der Waals surface area contributed by atoms with E-state index in [1.54, 1.807) is 0 Å². The number of fused-ring (bicyclic) bond motifs is 1. The summed E-state index contributed by atoms with van der Waals surface area (Å²) >= 11 is 0. The summed E-state index contributed by atoms with van der Waals surface area (Å²) in [7, 11) is 3.27. The molecule has 2 aliphatic rings. The van der Waals surface area contributed by atoms with Crippen molar-refractivity contribution in [2.75, 3.05) is 27.3 Å². The van der Waals surface area contributed by atoms with Crippen LogP contribution in [0.5, 0.6) is 0 Å². The molecular weight excluding hydrogens is 340 g/mol. The Hall–Kier alpha value is -1.85. The summed E-state index contributed by atoms with van der Waals surface area (Å²) in [4.78, 5) is 14.9. The Morgan fingerprint density at radius 1 is 1.11 bits per heavy atom. The number of hydrogen-bond acceptors (Lipinski definition) is 4. The molecule has 0 bridgehead atoms. The van der Waals surface area contributed by atoms with Crippen LogP contribution in [0.1, 0.15) is 41.7 Å². The molecule has 0 unspecified atom stereocenters. The van der Waals surface area contributed by atoms with Crippen molar-refractivity contribution in [3.8, 4) is 0 Å². The van der Waals surface area contributed by atoms with Crippen molar-refractivity contribution in [1.29, 1.82) is 0 Å². The summed E-state index contributed by atoms with van der Waals surface area (Å²) in [6, 6.07) is 8.90. The van der Waals surface area contributed by atoms with Crippen molar-refractivity contribution in [3.05, 3.63) is 35.5 Å². The van der Waals surface area contributed by atoms with Gasteiger partial charge in [0.05, 0.1) is 18.8 Å². The highest BCUT2D eigenvalue weighted by atomic mass is 16.5. The van der Waals surface area contributed by atoms with E-state index in [2.05, 4.69) is 15.5 Å². The Morgan fingerprint density at radius 2 is 1.81 bits per heavy atom. The van der Waals surface area contributed by atoms with Crippen LogP contribution in [0.25, 0.3) is 10.9 Å². The van der Waals surface area contributed by atoms with Crippen LogP contribution < -0.4 is 0 Å². The molecule has 2 fully saturated rings. The lowest BCUT2D eigenvalue weighted by molar-refractivity contribution is -0.0598. The number of hydrogen-bond donors (Lipinski definition) is 0. The number of methoxy groups -OCH3 is 2. The Bertz CT molecular complexity index is 814. The predicted octanol–water partition coefficient (Wildman–Crippen LogP) is 3.63. The lowest BCUT2D eigenvalue weighted by Gasteiger charge is -2.46. The van der Waals surface area contributed by atoms with Crippen molar-refractivity contribution in [2.45, 2.75) is 51.3 Å². The lowest BCUT2D eigenvalue weighted by atomic mass is 9.84. The maximum Gasteiger partial charge on any atom is 0.340 e. The summed E-state index contributed by atoms with van der Waals surface area (Å²) in [5, 5.41) is 1.00. The molecule has 1 saturated heterocycles. The number of ether oxygens (including phenoxy) is 2. The van der Waals surface area contributed by atoms with Gasteiger partial charge in [0.2, 0.25) is 0 Å². The van der Waals surface area contributed by atoms with E-state index < -0.39 is 0 Å².